The molecular formula is C18H16N2O3S. The van der Waals surface area contributed by atoms with Crippen molar-refractivity contribution in [3.63, 3.8) is 0 Å². The number of para-hydroxylation sites is 1. The van der Waals surface area contributed by atoms with Gasteiger partial charge in [-0.1, -0.05) is 24.3 Å². The molecule has 0 aliphatic rings. The molecule has 0 radical (unpaired) electrons. The van der Waals surface area contributed by atoms with Crippen LogP contribution in [0.1, 0.15) is 28.1 Å². The first-order valence-electron chi connectivity index (χ1n) is 7.53. The van der Waals surface area contributed by atoms with Crippen molar-refractivity contribution in [2.75, 3.05) is 0 Å². The molecule has 0 amide bonds. The first-order chi connectivity index (χ1) is 11.7. The second-order valence-corrected chi connectivity index (χ2v) is 6.14. The van der Waals surface area contributed by atoms with Crippen LogP contribution in [0.3, 0.4) is 0 Å². The molecule has 0 aliphatic carbocycles. The van der Waals surface area contributed by atoms with Gasteiger partial charge in [0.25, 0.3) is 0 Å². The van der Waals surface area contributed by atoms with Gasteiger partial charge >= 0.3 is 5.97 Å². The van der Waals surface area contributed by atoms with E-state index in [9.17, 15) is 9.59 Å². The average molecular weight is 340 g/mol. The fourth-order valence-electron chi connectivity index (χ4n) is 2.17. The van der Waals surface area contributed by atoms with Crippen LogP contribution in [0.25, 0.3) is 5.69 Å². The molecule has 0 unspecified atom stereocenters. The molecule has 6 heteroatoms. The number of rotatable bonds is 7. The number of hydrogen-bond donors (Lipinski definition) is 0. The fraction of sp³-hybridized carbons (Fsp3) is 0.167. The molecule has 5 nitrogen and oxygen atoms in total. The van der Waals surface area contributed by atoms with Crippen LogP contribution in [-0.4, -0.2) is 21.5 Å². The third kappa shape index (κ3) is 4.17. The summed E-state index contributed by atoms with van der Waals surface area (Å²) in [5.74, 6) is -0.411. The second kappa shape index (κ2) is 7.70. The largest absolute Gasteiger partial charge is 0.461 e. The molecule has 2 aromatic heterocycles. The molecule has 2 heterocycles. The summed E-state index contributed by atoms with van der Waals surface area (Å²) in [5.41, 5.74) is 1.74. The molecular weight excluding hydrogens is 324 g/mol. The summed E-state index contributed by atoms with van der Waals surface area (Å²) in [6, 6.07) is 13.3. The van der Waals surface area contributed by atoms with Gasteiger partial charge in [-0.25, -0.2) is 4.68 Å². The Hall–Kier alpha value is -2.73. The number of aromatic nitrogens is 2. The van der Waals surface area contributed by atoms with Gasteiger partial charge in [-0.2, -0.15) is 5.10 Å². The number of esters is 1. The van der Waals surface area contributed by atoms with Gasteiger partial charge in [0, 0.05) is 18.2 Å². The first kappa shape index (κ1) is 16.1. The minimum absolute atomic E-state index is 0.0288. The summed E-state index contributed by atoms with van der Waals surface area (Å²) in [6.45, 7) is 0.152. The van der Waals surface area contributed by atoms with Crippen molar-refractivity contribution >= 4 is 23.1 Å². The molecule has 122 valence electrons. The zero-order valence-electron chi connectivity index (χ0n) is 12.9. The number of benzene rings is 1. The van der Waals surface area contributed by atoms with Crippen molar-refractivity contribution in [2.24, 2.45) is 0 Å². The second-order valence-electron chi connectivity index (χ2n) is 5.19. The zero-order chi connectivity index (χ0) is 16.8. The Kier molecular flexibility index (Phi) is 5.18. The van der Waals surface area contributed by atoms with E-state index < -0.39 is 0 Å². The van der Waals surface area contributed by atoms with Gasteiger partial charge in [-0.05, 0) is 23.6 Å². The Morgan fingerprint density at radius 1 is 1.08 bits per heavy atom. The van der Waals surface area contributed by atoms with Crippen molar-refractivity contribution < 1.29 is 14.3 Å². The number of carbonyl (C=O) groups excluding carboxylic acids is 2. The van der Waals surface area contributed by atoms with Crippen LogP contribution in [0.4, 0.5) is 0 Å². The van der Waals surface area contributed by atoms with Crippen LogP contribution in [0.15, 0.2) is 60.2 Å². The summed E-state index contributed by atoms with van der Waals surface area (Å²) in [4.78, 5) is 24.3. The normalized spacial score (nSPS) is 10.5. The molecule has 0 saturated carbocycles. The SMILES string of the molecule is O=C(CCC(=O)c1cccs1)OCc1cnn(-c2ccccc2)c1. The molecule has 0 N–H and O–H groups in total. The van der Waals surface area contributed by atoms with E-state index in [0.717, 1.165) is 11.3 Å². The Morgan fingerprint density at radius 3 is 2.67 bits per heavy atom. The van der Waals surface area contributed by atoms with Crippen molar-refractivity contribution in [2.45, 2.75) is 19.4 Å². The molecule has 3 aromatic rings. The van der Waals surface area contributed by atoms with E-state index in [1.165, 1.54) is 11.3 Å². The lowest BCUT2D eigenvalue weighted by Crippen LogP contribution is -2.07. The third-order valence-electron chi connectivity index (χ3n) is 3.41. The highest BCUT2D eigenvalue weighted by atomic mass is 32.1. The molecule has 0 atom stereocenters. The fourth-order valence-corrected chi connectivity index (χ4v) is 2.86. The highest BCUT2D eigenvalue weighted by Crippen LogP contribution is 2.13. The van der Waals surface area contributed by atoms with Crippen molar-refractivity contribution in [1.29, 1.82) is 0 Å². The molecule has 1 aromatic carbocycles. The molecule has 0 saturated heterocycles. The van der Waals surface area contributed by atoms with Crippen molar-refractivity contribution in [3.05, 3.63) is 70.7 Å². The monoisotopic (exact) mass is 340 g/mol. The zero-order valence-corrected chi connectivity index (χ0v) is 13.7. The lowest BCUT2D eigenvalue weighted by molar-refractivity contribution is -0.144. The Morgan fingerprint density at radius 2 is 1.92 bits per heavy atom. The predicted octanol–water partition coefficient (Wildman–Crippen LogP) is 3.64. The van der Waals surface area contributed by atoms with Crippen LogP contribution in [-0.2, 0) is 16.1 Å². The van der Waals surface area contributed by atoms with Gasteiger partial charge in [0.05, 0.1) is 23.2 Å². The number of carbonyl (C=O) groups is 2. The molecule has 24 heavy (non-hydrogen) atoms. The molecule has 3 rings (SSSR count). The Labute approximate surface area is 143 Å². The number of ketones is 1. The number of ether oxygens (including phenoxy) is 1. The summed E-state index contributed by atoms with van der Waals surface area (Å²) >= 11 is 1.38. The maximum atomic E-state index is 11.8. The minimum atomic E-state index is -0.382. The van der Waals surface area contributed by atoms with Gasteiger partial charge in [0.15, 0.2) is 5.78 Å². The van der Waals surface area contributed by atoms with E-state index in [1.807, 2.05) is 48.0 Å². The molecule has 0 fully saturated rings. The summed E-state index contributed by atoms with van der Waals surface area (Å²) in [5, 5.41) is 6.09. The number of hydrogen-bond acceptors (Lipinski definition) is 5. The van der Waals surface area contributed by atoms with E-state index in [2.05, 4.69) is 5.10 Å². The van der Waals surface area contributed by atoms with Gasteiger partial charge in [0.2, 0.25) is 0 Å². The predicted molar refractivity (Wildman–Crippen MR) is 91.2 cm³/mol. The van der Waals surface area contributed by atoms with Crippen LogP contribution < -0.4 is 0 Å². The van der Waals surface area contributed by atoms with E-state index in [1.54, 1.807) is 16.9 Å². The van der Waals surface area contributed by atoms with Crippen LogP contribution in [0.5, 0.6) is 0 Å². The van der Waals surface area contributed by atoms with E-state index >= 15 is 0 Å². The van der Waals surface area contributed by atoms with Gasteiger partial charge in [0.1, 0.15) is 6.61 Å². The summed E-state index contributed by atoms with van der Waals surface area (Å²) < 4.78 is 6.93. The Bertz CT molecular complexity index is 810. The smallest absolute Gasteiger partial charge is 0.306 e. The first-order valence-corrected chi connectivity index (χ1v) is 8.41. The van der Waals surface area contributed by atoms with Crippen LogP contribution >= 0.6 is 11.3 Å². The number of nitrogens with zero attached hydrogens (tertiary/aromatic N) is 2. The van der Waals surface area contributed by atoms with Gasteiger partial charge in [-0.15, -0.1) is 11.3 Å². The number of thiophene rings is 1. The quantitative estimate of drug-likeness (QED) is 0.487. The van der Waals surface area contributed by atoms with Gasteiger partial charge in [-0.3, -0.25) is 9.59 Å². The maximum Gasteiger partial charge on any atom is 0.306 e. The summed E-state index contributed by atoms with van der Waals surface area (Å²) in [6.07, 6.45) is 3.74. The van der Waals surface area contributed by atoms with E-state index in [-0.39, 0.29) is 31.2 Å². The number of Topliss-reactive ketones (excluding diaryl/α,β-unsaturated/α-hetero) is 1. The van der Waals surface area contributed by atoms with Gasteiger partial charge < -0.3 is 4.74 Å². The topological polar surface area (TPSA) is 61.2 Å². The molecule has 0 bridgehead atoms. The van der Waals surface area contributed by atoms with E-state index in [0.29, 0.717) is 4.88 Å². The third-order valence-corrected chi connectivity index (χ3v) is 4.32. The lowest BCUT2D eigenvalue weighted by atomic mass is 10.2. The van der Waals surface area contributed by atoms with Crippen molar-refractivity contribution in [1.82, 2.24) is 9.78 Å². The van der Waals surface area contributed by atoms with E-state index in [4.69, 9.17) is 4.74 Å². The highest BCUT2D eigenvalue weighted by molar-refractivity contribution is 7.12. The Balaban J connectivity index is 1.46. The molecule has 0 spiro atoms. The standard InChI is InChI=1S/C18H16N2O3S/c21-16(17-7-4-10-24-17)8-9-18(22)23-13-14-11-19-20(12-14)15-5-2-1-3-6-15/h1-7,10-12H,8-9,13H2. The lowest BCUT2D eigenvalue weighted by Gasteiger charge is -2.02. The average Bonchev–Trinajstić information content (AvgIpc) is 3.30. The minimum Gasteiger partial charge on any atom is -0.461 e. The maximum absolute atomic E-state index is 11.8. The highest BCUT2D eigenvalue weighted by Gasteiger charge is 2.11. The summed E-state index contributed by atoms with van der Waals surface area (Å²) in [7, 11) is 0. The van der Waals surface area contributed by atoms with Crippen molar-refractivity contribution in [3.8, 4) is 5.69 Å². The van der Waals surface area contributed by atoms with Crippen LogP contribution in [0, 0.1) is 0 Å². The molecule has 0 aliphatic heterocycles. The van der Waals surface area contributed by atoms with Crippen LogP contribution in [0.2, 0.25) is 0 Å².